The van der Waals surface area contributed by atoms with Crippen LogP contribution in [0, 0.1) is 0 Å². The molecule has 3 N–H and O–H groups in total. The molecular weight excluding hydrogens is 292 g/mol. The fraction of sp³-hybridized carbons (Fsp3) is 0.231. The Labute approximate surface area is 124 Å². The predicted octanol–water partition coefficient (Wildman–Crippen LogP) is 1.24. The number of fused-ring (bicyclic) bond motifs is 1. The Hall–Kier alpha value is -2.25. The molecule has 2 aromatic heterocycles. The number of H-pyrrole nitrogens is 1. The number of benzene rings is 1. The normalized spacial score (nSPS) is 12.7. The largest absolute Gasteiger partial charge is 0.322 e. The van der Waals surface area contributed by atoms with E-state index in [9.17, 15) is 4.79 Å². The van der Waals surface area contributed by atoms with E-state index in [0.717, 1.165) is 0 Å². The summed E-state index contributed by atoms with van der Waals surface area (Å²) >= 11 is 6.13. The van der Waals surface area contributed by atoms with Crippen molar-refractivity contribution in [3.05, 3.63) is 51.6 Å². The Kier molecular flexibility index (Phi) is 3.44. The summed E-state index contributed by atoms with van der Waals surface area (Å²) in [6.45, 7) is 1.99. The highest BCUT2D eigenvalue weighted by molar-refractivity contribution is 6.35. The summed E-state index contributed by atoms with van der Waals surface area (Å²) in [6, 6.07) is 4.76. The number of nitrogens with two attached hydrogens (primary N) is 1. The van der Waals surface area contributed by atoms with E-state index < -0.39 is 6.04 Å². The van der Waals surface area contributed by atoms with Gasteiger partial charge in [-0.2, -0.15) is 5.10 Å². The highest BCUT2D eigenvalue weighted by Gasteiger charge is 2.16. The number of aromatic nitrogens is 5. The maximum absolute atomic E-state index is 12.7. The second-order valence-corrected chi connectivity index (χ2v) is 5.12. The topological polar surface area (TPSA) is 102 Å². The standard InChI is InChI=1S/C13H13ClN6O/c1-7(15)12-18-9-4-2-3-8(14)11(9)13(21)20(12)5-10-16-6-17-19-10/h2-4,6-7H,5,15H2,1H3,(H,16,17,19)/t7-/m0/s1. The van der Waals surface area contributed by atoms with E-state index in [0.29, 0.717) is 27.6 Å². The van der Waals surface area contributed by atoms with Gasteiger partial charge in [0, 0.05) is 0 Å². The van der Waals surface area contributed by atoms with Crippen LogP contribution in [0.15, 0.2) is 29.3 Å². The van der Waals surface area contributed by atoms with Crippen LogP contribution in [0.4, 0.5) is 0 Å². The number of nitrogens with one attached hydrogen (secondary N) is 1. The first-order valence-corrected chi connectivity index (χ1v) is 6.74. The maximum Gasteiger partial charge on any atom is 0.263 e. The molecule has 0 aliphatic rings. The monoisotopic (exact) mass is 304 g/mol. The Bertz CT molecular complexity index is 840. The van der Waals surface area contributed by atoms with Gasteiger partial charge in [0.05, 0.1) is 28.5 Å². The van der Waals surface area contributed by atoms with Crippen molar-refractivity contribution in [2.24, 2.45) is 5.73 Å². The average Bonchev–Trinajstić information content (AvgIpc) is 2.94. The lowest BCUT2D eigenvalue weighted by molar-refractivity contribution is 0.606. The van der Waals surface area contributed by atoms with Gasteiger partial charge in [-0.25, -0.2) is 9.97 Å². The van der Waals surface area contributed by atoms with Crippen LogP contribution in [0.5, 0.6) is 0 Å². The van der Waals surface area contributed by atoms with Gasteiger partial charge in [-0.15, -0.1) is 0 Å². The Balaban J connectivity index is 2.29. The molecule has 0 saturated heterocycles. The Morgan fingerprint density at radius 1 is 1.48 bits per heavy atom. The minimum absolute atomic E-state index is 0.212. The first-order valence-electron chi connectivity index (χ1n) is 6.36. The summed E-state index contributed by atoms with van der Waals surface area (Å²) in [5.41, 5.74) is 6.23. The van der Waals surface area contributed by atoms with E-state index in [4.69, 9.17) is 17.3 Å². The van der Waals surface area contributed by atoms with Crippen molar-refractivity contribution in [2.45, 2.75) is 19.5 Å². The molecule has 0 bridgehead atoms. The second kappa shape index (κ2) is 5.27. The van der Waals surface area contributed by atoms with Gasteiger partial charge in [-0.05, 0) is 19.1 Å². The predicted molar refractivity (Wildman–Crippen MR) is 79.1 cm³/mol. The zero-order valence-electron chi connectivity index (χ0n) is 11.2. The van der Waals surface area contributed by atoms with Crippen LogP contribution >= 0.6 is 11.6 Å². The third-order valence-corrected chi connectivity index (χ3v) is 3.46. The molecule has 0 radical (unpaired) electrons. The van der Waals surface area contributed by atoms with Crippen molar-refractivity contribution < 1.29 is 0 Å². The molecule has 0 aliphatic heterocycles. The minimum atomic E-state index is -0.399. The maximum atomic E-state index is 12.7. The molecule has 0 spiro atoms. The van der Waals surface area contributed by atoms with E-state index in [1.807, 2.05) is 0 Å². The van der Waals surface area contributed by atoms with Crippen molar-refractivity contribution in [2.75, 3.05) is 0 Å². The number of nitrogens with zero attached hydrogens (tertiary/aromatic N) is 4. The second-order valence-electron chi connectivity index (χ2n) is 4.72. The summed E-state index contributed by atoms with van der Waals surface area (Å²) in [7, 11) is 0. The van der Waals surface area contributed by atoms with Crippen LogP contribution in [0.1, 0.15) is 24.6 Å². The minimum Gasteiger partial charge on any atom is -0.322 e. The summed E-state index contributed by atoms with van der Waals surface area (Å²) in [5.74, 6) is 1.03. The molecule has 0 fully saturated rings. The van der Waals surface area contributed by atoms with E-state index in [2.05, 4.69) is 20.2 Å². The lowest BCUT2D eigenvalue weighted by Gasteiger charge is -2.15. The summed E-state index contributed by atoms with van der Waals surface area (Å²) in [4.78, 5) is 21.2. The zero-order chi connectivity index (χ0) is 15.0. The van der Waals surface area contributed by atoms with Crippen LogP contribution < -0.4 is 11.3 Å². The smallest absolute Gasteiger partial charge is 0.263 e. The molecular formula is C13H13ClN6O. The van der Waals surface area contributed by atoms with E-state index in [1.54, 1.807) is 25.1 Å². The zero-order valence-corrected chi connectivity index (χ0v) is 12.0. The quantitative estimate of drug-likeness (QED) is 0.757. The van der Waals surface area contributed by atoms with Gasteiger partial charge >= 0.3 is 0 Å². The van der Waals surface area contributed by atoms with Gasteiger partial charge in [0.1, 0.15) is 18.0 Å². The molecule has 2 heterocycles. The number of halogens is 1. The average molecular weight is 305 g/mol. The number of rotatable bonds is 3. The van der Waals surface area contributed by atoms with Gasteiger partial charge in [-0.3, -0.25) is 14.5 Å². The molecule has 0 amide bonds. The fourth-order valence-corrected chi connectivity index (χ4v) is 2.45. The molecule has 8 heteroatoms. The molecule has 21 heavy (non-hydrogen) atoms. The third kappa shape index (κ3) is 2.41. The van der Waals surface area contributed by atoms with Gasteiger partial charge in [0.2, 0.25) is 0 Å². The van der Waals surface area contributed by atoms with Crippen LogP contribution in [0.3, 0.4) is 0 Å². The molecule has 0 saturated carbocycles. The molecule has 3 aromatic rings. The van der Waals surface area contributed by atoms with Crippen LogP contribution in [0.25, 0.3) is 10.9 Å². The molecule has 1 aromatic carbocycles. The molecule has 7 nitrogen and oxygen atoms in total. The molecule has 3 rings (SSSR count). The lowest BCUT2D eigenvalue weighted by Crippen LogP contribution is -2.29. The van der Waals surface area contributed by atoms with E-state index in [-0.39, 0.29) is 12.1 Å². The van der Waals surface area contributed by atoms with Crippen molar-refractivity contribution in [3.8, 4) is 0 Å². The molecule has 0 aliphatic carbocycles. The van der Waals surface area contributed by atoms with Gasteiger partial charge in [-0.1, -0.05) is 17.7 Å². The third-order valence-electron chi connectivity index (χ3n) is 3.14. The summed E-state index contributed by atoms with van der Waals surface area (Å²) in [5, 5.41) is 7.24. The lowest BCUT2D eigenvalue weighted by atomic mass is 10.2. The summed E-state index contributed by atoms with van der Waals surface area (Å²) in [6.07, 6.45) is 1.38. The van der Waals surface area contributed by atoms with Crippen LogP contribution in [-0.4, -0.2) is 24.7 Å². The van der Waals surface area contributed by atoms with Crippen molar-refractivity contribution in [1.29, 1.82) is 0 Å². The SMILES string of the molecule is C[C@H](N)c1nc2cccc(Cl)c2c(=O)n1Cc1ncn[nH]1. The van der Waals surface area contributed by atoms with Gasteiger partial charge in [0.25, 0.3) is 5.56 Å². The number of hydrogen-bond acceptors (Lipinski definition) is 5. The fourth-order valence-electron chi connectivity index (χ4n) is 2.20. The van der Waals surface area contributed by atoms with E-state index in [1.165, 1.54) is 10.9 Å². The van der Waals surface area contributed by atoms with Crippen molar-refractivity contribution >= 4 is 22.5 Å². The van der Waals surface area contributed by atoms with E-state index >= 15 is 0 Å². The van der Waals surface area contributed by atoms with Gasteiger partial charge in [0.15, 0.2) is 0 Å². The van der Waals surface area contributed by atoms with Crippen molar-refractivity contribution in [3.63, 3.8) is 0 Å². The Morgan fingerprint density at radius 3 is 2.95 bits per heavy atom. The van der Waals surface area contributed by atoms with Gasteiger partial charge < -0.3 is 5.73 Å². The molecule has 0 unspecified atom stereocenters. The Morgan fingerprint density at radius 2 is 2.29 bits per heavy atom. The highest BCUT2D eigenvalue weighted by Crippen LogP contribution is 2.20. The number of aromatic amines is 1. The first kappa shape index (κ1) is 13.7. The first-order chi connectivity index (χ1) is 10.1. The van der Waals surface area contributed by atoms with Crippen molar-refractivity contribution in [1.82, 2.24) is 24.7 Å². The number of hydrogen-bond donors (Lipinski definition) is 2. The van der Waals surface area contributed by atoms with Crippen LogP contribution in [-0.2, 0) is 6.54 Å². The van der Waals surface area contributed by atoms with Crippen LogP contribution in [0.2, 0.25) is 5.02 Å². The molecule has 1 atom stereocenters. The highest BCUT2D eigenvalue weighted by atomic mass is 35.5. The summed E-state index contributed by atoms with van der Waals surface area (Å²) < 4.78 is 1.47. The molecule has 108 valence electrons.